The van der Waals surface area contributed by atoms with Crippen LogP contribution in [0.4, 0.5) is 5.13 Å². The van der Waals surface area contributed by atoms with E-state index in [1.54, 1.807) is 32.4 Å². The summed E-state index contributed by atoms with van der Waals surface area (Å²) in [5.41, 5.74) is 4.13. The molecule has 0 aliphatic heterocycles. The lowest BCUT2D eigenvalue weighted by atomic mass is 10.2. The molecule has 0 fully saturated rings. The fraction of sp³-hybridized carbons (Fsp3) is 0.143. The van der Waals surface area contributed by atoms with E-state index < -0.39 is 18.0 Å². The number of ether oxygens (including phenoxy) is 3. The Morgan fingerprint density at radius 3 is 2.47 bits per heavy atom. The third kappa shape index (κ3) is 5.35. The van der Waals surface area contributed by atoms with Gasteiger partial charge in [-0.2, -0.15) is 0 Å². The number of thiazole rings is 1. The second-order valence-electron chi connectivity index (χ2n) is 8.35. The molecule has 0 radical (unpaired) electrons. The molecule has 1 unspecified atom stereocenters. The van der Waals surface area contributed by atoms with Crippen LogP contribution in [-0.4, -0.2) is 47.2 Å². The number of aromatic nitrogens is 3. The van der Waals surface area contributed by atoms with Crippen LogP contribution < -0.4 is 14.8 Å². The van der Waals surface area contributed by atoms with Gasteiger partial charge in [-0.05, 0) is 61.5 Å². The van der Waals surface area contributed by atoms with Crippen LogP contribution >= 0.6 is 11.3 Å². The van der Waals surface area contributed by atoms with Gasteiger partial charge in [0.15, 0.2) is 11.2 Å². The summed E-state index contributed by atoms with van der Waals surface area (Å²) in [6.07, 6.45) is -1.03. The van der Waals surface area contributed by atoms with Crippen LogP contribution in [0.1, 0.15) is 17.3 Å². The molecule has 0 spiro atoms. The highest BCUT2D eigenvalue weighted by Crippen LogP contribution is 2.28. The number of esters is 1. The maximum Gasteiger partial charge on any atom is 0.338 e. The third-order valence-corrected chi connectivity index (χ3v) is 6.59. The quantitative estimate of drug-likeness (QED) is 0.254. The van der Waals surface area contributed by atoms with Gasteiger partial charge in [-0.1, -0.05) is 12.1 Å². The number of carbonyl (C=O) groups excluding carboxylic acids is 2. The van der Waals surface area contributed by atoms with E-state index in [1.165, 1.54) is 18.3 Å². The predicted octanol–water partition coefficient (Wildman–Crippen LogP) is 5.55. The van der Waals surface area contributed by atoms with Crippen molar-refractivity contribution < 1.29 is 23.8 Å². The number of benzene rings is 3. The van der Waals surface area contributed by atoms with Gasteiger partial charge in [0.05, 0.1) is 36.5 Å². The summed E-state index contributed by atoms with van der Waals surface area (Å²) in [5.74, 6) is 1.03. The second kappa shape index (κ2) is 10.7. The predicted molar refractivity (Wildman–Crippen MR) is 146 cm³/mol. The Labute approximate surface area is 222 Å². The highest BCUT2D eigenvalue weighted by atomic mass is 32.1. The van der Waals surface area contributed by atoms with E-state index in [-0.39, 0.29) is 0 Å². The molecule has 2 aromatic heterocycles. The number of fused-ring (bicyclic) bond motifs is 1. The van der Waals surface area contributed by atoms with E-state index in [0.29, 0.717) is 39.0 Å². The first-order valence-electron chi connectivity index (χ1n) is 11.7. The molecular weight excluding hydrogens is 504 g/mol. The summed E-state index contributed by atoms with van der Waals surface area (Å²) in [4.78, 5) is 37.7. The van der Waals surface area contributed by atoms with Crippen molar-refractivity contribution in [2.24, 2.45) is 0 Å². The van der Waals surface area contributed by atoms with Gasteiger partial charge in [0, 0.05) is 16.5 Å². The zero-order valence-electron chi connectivity index (χ0n) is 20.8. The van der Waals surface area contributed by atoms with Crippen LogP contribution in [0.25, 0.3) is 33.7 Å². The SMILES string of the molecule is COc1ccc(-c2nc3ccc(C(=O)OC(C)C(=O)Nc4nc(-c5cccc(OC)c5)cs4)cc3[nH]2)cc1. The molecule has 192 valence electrons. The first kappa shape index (κ1) is 25.0. The molecule has 0 aliphatic rings. The van der Waals surface area contributed by atoms with Crippen LogP contribution in [0, 0.1) is 0 Å². The summed E-state index contributed by atoms with van der Waals surface area (Å²) in [7, 11) is 3.21. The standard InChI is InChI=1S/C28H24N4O5S/c1-16(26(33)32-28-31-24(15-38-28)18-5-4-6-21(13-18)36-3)37-27(34)19-9-12-22-23(14-19)30-25(29-22)17-7-10-20(35-2)11-8-17/h4-16H,1-3H3,(H,29,30)(H,31,32,33). The molecule has 5 aromatic rings. The topological polar surface area (TPSA) is 115 Å². The Hall–Kier alpha value is -4.70. The van der Waals surface area contributed by atoms with Crippen LogP contribution in [-0.2, 0) is 9.53 Å². The van der Waals surface area contributed by atoms with Gasteiger partial charge in [-0.3, -0.25) is 10.1 Å². The Morgan fingerprint density at radius 1 is 0.921 bits per heavy atom. The lowest BCUT2D eigenvalue weighted by Gasteiger charge is -2.12. The minimum absolute atomic E-state index is 0.302. The van der Waals surface area contributed by atoms with Crippen molar-refractivity contribution in [1.82, 2.24) is 15.0 Å². The van der Waals surface area contributed by atoms with E-state index in [0.717, 1.165) is 16.9 Å². The molecule has 1 atom stereocenters. The summed E-state index contributed by atoms with van der Waals surface area (Å²) >= 11 is 1.28. The summed E-state index contributed by atoms with van der Waals surface area (Å²) in [6.45, 7) is 1.51. The number of carbonyl (C=O) groups is 2. The fourth-order valence-corrected chi connectivity index (χ4v) is 4.48. The Morgan fingerprint density at radius 2 is 1.71 bits per heavy atom. The monoisotopic (exact) mass is 528 g/mol. The van der Waals surface area contributed by atoms with Gasteiger partial charge < -0.3 is 19.2 Å². The number of rotatable bonds is 8. The Balaban J connectivity index is 1.23. The Kier molecular flexibility index (Phi) is 7.05. The minimum atomic E-state index is -1.03. The average Bonchev–Trinajstić information content (AvgIpc) is 3.60. The van der Waals surface area contributed by atoms with Crippen LogP contribution in [0.5, 0.6) is 11.5 Å². The van der Waals surface area contributed by atoms with Crippen molar-refractivity contribution in [3.63, 3.8) is 0 Å². The van der Waals surface area contributed by atoms with Crippen molar-refractivity contribution in [2.75, 3.05) is 19.5 Å². The molecule has 3 aromatic carbocycles. The molecule has 0 bridgehead atoms. The molecule has 10 heteroatoms. The normalized spacial score (nSPS) is 11.7. The molecule has 5 rings (SSSR count). The summed E-state index contributed by atoms with van der Waals surface area (Å²) in [5, 5.41) is 4.95. The Bertz CT molecular complexity index is 1610. The fourth-order valence-electron chi connectivity index (χ4n) is 3.76. The smallest absolute Gasteiger partial charge is 0.338 e. The molecule has 38 heavy (non-hydrogen) atoms. The molecule has 0 saturated carbocycles. The number of methoxy groups -OCH3 is 2. The highest BCUT2D eigenvalue weighted by Gasteiger charge is 2.21. The number of hydrogen-bond donors (Lipinski definition) is 2. The molecule has 0 saturated heterocycles. The zero-order valence-corrected chi connectivity index (χ0v) is 21.7. The van der Waals surface area contributed by atoms with Crippen LogP contribution in [0.3, 0.4) is 0 Å². The second-order valence-corrected chi connectivity index (χ2v) is 9.21. The number of anilines is 1. The van der Waals surface area contributed by atoms with E-state index in [4.69, 9.17) is 14.2 Å². The number of H-pyrrole nitrogens is 1. The molecular formula is C28H24N4O5S. The first-order valence-corrected chi connectivity index (χ1v) is 12.6. The number of aromatic amines is 1. The van der Waals surface area contributed by atoms with E-state index in [9.17, 15) is 9.59 Å². The molecule has 9 nitrogen and oxygen atoms in total. The first-order chi connectivity index (χ1) is 18.4. The maximum absolute atomic E-state index is 12.8. The van der Waals surface area contributed by atoms with Crippen LogP contribution in [0.15, 0.2) is 72.1 Å². The van der Waals surface area contributed by atoms with Gasteiger partial charge in [0.25, 0.3) is 5.91 Å². The van der Waals surface area contributed by atoms with Crippen molar-refractivity contribution in [1.29, 1.82) is 0 Å². The molecule has 2 heterocycles. The van der Waals surface area contributed by atoms with Crippen molar-refractivity contribution in [3.8, 4) is 34.1 Å². The number of nitrogens with one attached hydrogen (secondary N) is 2. The number of imidazole rings is 1. The summed E-state index contributed by atoms with van der Waals surface area (Å²) < 4.78 is 15.9. The lowest BCUT2D eigenvalue weighted by molar-refractivity contribution is -0.123. The largest absolute Gasteiger partial charge is 0.497 e. The van der Waals surface area contributed by atoms with Crippen molar-refractivity contribution >= 4 is 39.4 Å². The van der Waals surface area contributed by atoms with Crippen LogP contribution in [0.2, 0.25) is 0 Å². The van der Waals surface area contributed by atoms with E-state index in [1.807, 2.05) is 53.9 Å². The van der Waals surface area contributed by atoms with Crippen molar-refractivity contribution in [3.05, 3.63) is 77.7 Å². The number of amides is 1. The number of hydrogen-bond acceptors (Lipinski definition) is 8. The zero-order chi connectivity index (χ0) is 26.6. The lowest BCUT2D eigenvalue weighted by Crippen LogP contribution is -2.29. The molecule has 0 aliphatic carbocycles. The van der Waals surface area contributed by atoms with Crippen molar-refractivity contribution in [2.45, 2.75) is 13.0 Å². The maximum atomic E-state index is 12.8. The van der Waals surface area contributed by atoms with E-state index in [2.05, 4.69) is 20.3 Å². The van der Waals surface area contributed by atoms with Gasteiger partial charge in [-0.25, -0.2) is 14.8 Å². The number of nitrogens with zero attached hydrogens (tertiary/aromatic N) is 2. The minimum Gasteiger partial charge on any atom is -0.497 e. The highest BCUT2D eigenvalue weighted by molar-refractivity contribution is 7.14. The van der Waals surface area contributed by atoms with E-state index >= 15 is 0 Å². The third-order valence-electron chi connectivity index (χ3n) is 5.83. The molecule has 1 amide bonds. The van der Waals surface area contributed by atoms with Gasteiger partial charge in [0.2, 0.25) is 0 Å². The average molecular weight is 529 g/mol. The van der Waals surface area contributed by atoms with Gasteiger partial charge in [0.1, 0.15) is 17.3 Å². The summed E-state index contributed by atoms with van der Waals surface area (Å²) in [6, 6.07) is 20.0. The molecule has 2 N–H and O–H groups in total. The van der Waals surface area contributed by atoms with Gasteiger partial charge in [-0.15, -0.1) is 11.3 Å². The van der Waals surface area contributed by atoms with Gasteiger partial charge >= 0.3 is 5.97 Å².